The number of carbonyl (C=O) groups excluding carboxylic acids is 1. The molecule has 0 fully saturated rings. The standard InChI is InChI=1S/C27H27N5O4/c1-16(27-31-24-18(28)7-6-10-23(24)36-27)25-30-19-12-11-17(15-20(19)32(25)2)26(33)29-13-14-35-22-9-5-4-8-21(22)34-3/h4-12,15-16H,13-14,28H2,1-3H3,(H,29,33). The van der Waals surface area contributed by atoms with Crippen LogP contribution in [0.4, 0.5) is 5.69 Å². The molecule has 0 radical (unpaired) electrons. The van der Waals surface area contributed by atoms with Crippen LogP contribution < -0.4 is 20.5 Å². The van der Waals surface area contributed by atoms with Crippen molar-refractivity contribution in [2.75, 3.05) is 26.0 Å². The first-order valence-electron chi connectivity index (χ1n) is 11.6. The molecule has 184 valence electrons. The largest absolute Gasteiger partial charge is 0.493 e. The maximum atomic E-state index is 12.8. The molecule has 5 aromatic rings. The number of aryl methyl sites for hydroxylation is 1. The van der Waals surface area contributed by atoms with Gasteiger partial charge in [-0.25, -0.2) is 9.97 Å². The summed E-state index contributed by atoms with van der Waals surface area (Å²) in [6.45, 7) is 2.65. The van der Waals surface area contributed by atoms with E-state index >= 15 is 0 Å². The number of hydrogen-bond donors (Lipinski definition) is 2. The maximum Gasteiger partial charge on any atom is 0.251 e. The van der Waals surface area contributed by atoms with Gasteiger partial charge in [-0.15, -0.1) is 0 Å². The average Bonchev–Trinajstić information content (AvgIpc) is 3.48. The number of carbonyl (C=O) groups is 1. The van der Waals surface area contributed by atoms with Gasteiger partial charge in [0.25, 0.3) is 5.91 Å². The highest BCUT2D eigenvalue weighted by atomic mass is 16.5. The zero-order valence-corrected chi connectivity index (χ0v) is 20.3. The van der Waals surface area contributed by atoms with Crippen LogP contribution in [-0.4, -0.2) is 40.7 Å². The lowest BCUT2D eigenvalue weighted by Gasteiger charge is -2.11. The van der Waals surface area contributed by atoms with Crippen LogP contribution in [-0.2, 0) is 7.05 Å². The molecule has 0 bridgehead atoms. The number of hydrogen-bond acceptors (Lipinski definition) is 7. The molecular formula is C27H27N5O4. The summed E-state index contributed by atoms with van der Waals surface area (Å²) in [4.78, 5) is 22.1. The fourth-order valence-corrected chi connectivity index (χ4v) is 4.19. The summed E-state index contributed by atoms with van der Waals surface area (Å²) < 4.78 is 18.9. The molecule has 5 rings (SSSR count). The molecule has 1 unspecified atom stereocenters. The Bertz CT molecular complexity index is 1550. The Morgan fingerprint density at radius 1 is 1.11 bits per heavy atom. The number of rotatable bonds is 8. The summed E-state index contributed by atoms with van der Waals surface area (Å²) in [5.41, 5.74) is 10.1. The first-order chi connectivity index (χ1) is 17.5. The third-order valence-electron chi connectivity index (χ3n) is 6.12. The van der Waals surface area contributed by atoms with Crippen LogP contribution in [0.5, 0.6) is 11.5 Å². The molecule has 1 atom stereocenters. The molecule has 9 nitrogen and oxygen atoms in total. The minimum Gasteiger partial charge on any atom is -0.493 e. The van der Waals surface area contributed by atoms with E-state index in [1.165, 1.54) is 0 Å². The second-order valence-corrected chi connectivity index (χ2v) is 8.46. The van der Waals surface area contributed by atoms with E-state index in [-0.39, 0.29) is 11.8 Å². The van der Waals surface area contributed by atoms with Crippen LogP contribution >= 0.6 is 0 Å². The average molecular weight is 486 g/mol. The van der Waals surface area contributed by atoms with Crippen molar-refractivity contribution in [3.05, 3.63) is 77.9 Å². The lowest BCUT2D eigenvalue weighted by Crippen LogP contribution is -2.28. The molecule has 2 aromatic heterocycles. The van der Waals surface area contributed by atoms with E-state index in [2.05, 4.69) is 10.3 Å². The summed E-state index contributed by atoms with van der Waals surface area (Å²) in [5, 5.41) is 2.90. The number of methoxy groups -OCH3 is 1. The van der Waals surface area contributed by atoms with Gasteiger partial charge in [0.15, 0.2) is 17.1 Å². The van der Waals surface area contributed by atoms with Gasteiger partial charge in [-0.3, -0.25) is 4.79 Å². The van der Waals surface area contributed by atoms with Gasteiger partial charge in [0.05, 0.1) is 36.3 Å². The predicted molar refractivity (Wildman–Crippen MR) is 137 cm³/mol. The van der Waals surface area contributed by atoms with Crippen molar-refractivity contribution in [3.63, 3.8) is 0 Å². The molecule has 0 saturated heterocycles. The van der Waals surface area contributed by atoms with E-state index in [1.54, 1.807) is 19.2 Å². The Morgan fingerprint density at radius 3 is 2.69 bits per heavy atom. The molecule has 3 aromatic carbocycles. The number of amides is 1. The van der Waals surface area contributed by atoms with Gasteiger partial charge in [0.2, 0.25) is 5.89 Å². The van der Waals surface area contributed by atoms with Crippen LogP contribution in [0.25, 0.3) is 22.1 Å². The molecule has 9 heteroatoms. The Morgan fingerprint density at radius 2 is 1.92 bits per heavy atom. The van der Waals surface area contributed by atoms with Gasteiger partial charge >= 0.3 is 0 Å². The van der Waals surface area contributed by atoms with Gasteiger partial charge < -0.3 is 29.5 Å². The highest BCUT2D eigenvalue weighted by Crippen LogP contribution is 2.30. The normalized spacial score (nSPS) is 12.1. The van der Waals surface area contributed by atoms with Crippen LogP contribution in [0.15, 0.2) is 65.1 Å². The molecule has 0 spiro atoms. The number of aromatic nitrogens is 3. The lowest BCUT2D eigenvalue weighted by molar-refractivity contribution is 0.0947. The van der Waals surface area contributed by atoms with Gasteiger partial charge in [0, 0.05) is 12.6 Å². The Balaban J connectivity index is 1.29. The van der Waals surface area contributed by atoms with Crippen LogP contribution in [0.3, 0.4) is 0 Å². The van der Waals surface area contributed by atoms with E-state index in [9.17, 15) is 4.79 Å². The highest BCUT2D eigenvalue weighted by molar-refractivity contribution is 5.97. The molecular weight excluding hydrogens is 458 g/mol. The van der Waals surface area contributed by atoms with Crippen molar-refractivity contribution in [2.45, 2.75) is 12.8 Å². The third-order valence-corrected chi connectivity index (χ3v) is 6.12. The maximum absolute atomic E-state index is 12.8. The summed E-state index contributed by atoms with van der Waals surface area (Å²) >= 11 is 0. The van der Waals surface area contributed by atoms with E-state index in [0.29, 0.717) is 52.9 Å². The highest BCUT2D eigenvalue weighted by Gasteiger charge is 2.22. The first-order valence-corrected chi connectivity index (χ1v) is 11.6. The molecule has 0 aliphatic carbocycles. The second-order valence-electron chi connectivity index (χ2n) is 8.46. The van der Waals surface area contributed by atoms with E-state index in [0.717, 1.165) is 16.9 Å². The van der Waals surface area contributed by atoms with Crippen LogP contribution in [0.1, 0.15) is 34.9 Å². The number of imidazole rings is 1. The Hall–Kier alpha value is -4.53. The summed E-state index contributed by atoms with van der Waals surface area (Å²) in [5.74, 6) is 2.20. The number of nitrogens with two attached hydrogens (primary N) is 1. The number of fused-ring (bicyclic) bond motifs is 2. The van der Waals surface area contributed by atoms with E-state index in [1.807, 2.05) is 67.1 Å². The van der Waals surface area contributed by atoms with Crippen LogP contribution in [0.2, 0.25) is 0 Å². The zero-order valence-electron chi connectivity index (χ0n) is 20.3. The monoisotopic (exact) mass is 485 g/mol. The topological polar surface area (TPSA) is 117 Å². The Kier molecular flexibility index (Phi) is 6.20. The molecule has 1 amide bonds. The fraction of sp³-hybridized carbons (Fsp3) is 0.222. The molecule has 3 N–H and O–H groups in total. The van der Waals surface area contributed by atoms with Crippen molar-refractivity contribution in [1.29, 1.82) is 0 Å². The number of para-hydroxylation sites is 3. The van der Waals surface area contributed by atoms with Crippen molar-refractivity contribution in [1.82, 2.24) is 19.9 Å². The van der Waals surface area contributed by atoms with Gasteiger partial charge in [-0.2, -0.15) is 0 Å². The smallest absolute Gasteiger partial charge is 0.251 e. The number of anilines is 1. The lowest BCUT2D eigenvalue weighted by atomic mass is 10.1. The molecule has 0 saturated carbocycles. The van der Waals surface area contributed by atoms with E-state index < -0.39 is 0 Å². The quantitative estimate of drug-likeness (QED) is 0.249. The van der Waals surface area contributed by atoms with Crippen molar-refractivity contribution in [3.8, 4) is 11.5 Å². The fourth-order valence-electron chi connectivity index (χ4n) is 4.19. The molecule has 0 aliphatic heterocycles. The SMILES string of the molecule is COc1ccccc1OCCNC(=O)c1ccc2nc(C(C)c3nc4c(N)cccc4o3)n(C)c2c1. The van der Waals surface area contributed by atoms with Crippen molar-refractivity contribution in [2.24, 2.45) is 7.05 Å². The number of benzene rings is 3. The van der Waals surface area contributed by atoms with Crippen LogP contribution in [0, 0.1) is 0 Å². The second kappa shape index (κ2) is 9.61. The number of nitrogens with zero attached hydrogens (tertiary/aromatic N) is 3. The first kappa shape index (κ1) is 23.2. The minimum atomic E-state index is -0.210. The zero-order chi connectivity index (χ0) is 25.2. The molecule has 2 heterocycles. The van der Waals surface area contributed by atoms with Crippen molar-refractivity contribution < 1.29 is 18.7 Å². The van der Waals surface area contributed by atoms with Gasteiger partial charge in [-0.1, -0.05) is 18.2 Å². The summed E-state index contributed by atoms with van der Waals surface area (Å²) in [6.07, 6.45) is 0. The molecule has 0 aliphatic rings. The summed E-state index contributed by atoms with van der Waals surface area (Å²) in [6, 6.07) is 18.3. The predicted octanol–water partition coefficient (Wildman–Crippen LogP) is 4.27. The third kappa shape index (κ3) is 4.31. The minimum absolute atomic E-state index is 0.189. The number of oxazole rings is 1. The van der Waals surface area contributed by atoms with Gasteiger partial charge in [0.1, 0.15) is 17.9 Å². The van der Waals surface area contributed by atoms with Gasteiger partial charge in [-0.05, 0) is 49.4 Å². The summed E-state index contributed by atoms with van der Waals surface area (Å²) in [7, 11) is 3.51. The number of ether oxygens (including phenoxy) is 2. The number of nitrogens with one attached hydrogen (secondary N) is 1. The number of nitrogen functional groups attached to an aromatic ring is 1. The molecule has 36 heavy (non-hydrogen) atoms. The van der Waals surface area contributed by atoms with E-state index in [4.69, 9.17) is 24.6 Å². The Labute approximate surface area is 207 Å². The van der Waals surface area contributed by atoms with Crippen molar-refractivity contribution >= 4 is 33.7 Å².